The molecule has 0 bridgehead atoms. The Hall–Kier alpha value is -4.06. The molecule has 3 atom stereocenters. The van der Waals surface area contributed by atoms with Gasteiger partial charge in [-0.1, -0.05) is 60.6 Å². The molecule has 6 rings (SSSR count). The zero-order valence-corrected chi connectivity index (χ0v) is 19.3. The molecule has 0 spiro atoms. The first-order chi connectivity index (χ1) is 17.1. The van der Waals surface area contributed by atoms with Crippen molar-refractivity contribution in [1.82, 2.24) is 5.16 Å². The van der Waals surface area contributed by atoms with Crippen molar-refractivity contribution in [3.05, 3.63) is 89.6 Å². The second-order valence-corrected chi connectivity index (χ2v) is 9.18. The van der Waals surface area contributed by atoms with Crippen LogP contribution >= 0.6 is 0 Å². The van der Waals surface area contributed by atoms with Gasteiger partial charge in [0.15, 0.2) is 5.76 Å². The van der Waals surface area contributed by atoms with Gasteiger partial charge in [-0.15, -0.1) is 0 Å². The monoisotopic (exact) mass is 467 g/mol. The molecule has 1 aliphatic heterocycles. The Labute approximate surface area is 203 Å². The van der Waals surface area contributed by atoms with Gasteiger partial charge < -0.3 is 19.1 Å². The standard InChI is InChI=1S/C29H25NO5/c1-17(29(31)32)25-16-33-28-15-18(9-10-24(25)28)34-26-12-11-21-19(7-4-8-22(21)26)20-5-2-3-6-23(20)27-13-14-30-35-27/h2-10,13-15,17,25-26H,11-12,16H2,1H3,(H,31,32)/t17?,25-,26+/m0/s1. The molecule has 176 valence electrons. The maximum Gasteiger partial charge on any atom is 0.306 e. The molecular formula is C29H25NO5. The number of nitrogens with zero attached hydrogens (tertiary/aromatic N) is 1. The van der Waals surface area contributed by atoms with E-state index in [-0.39, 0.29) is 12.0 Å². The van der Waals surface area contributed by atoms with Crippen molar-refractivity contribution in [2.24, 2.45) is 5.92 Å². The molecule has 4 aromatic rings. The van der Waals surface area contributed by atoms with Gasteiger partial charge in [0.05, 0.1) is 18.7 Å². The predicted octanol–water partition coefficient (Wildman–Crippen LogP) is 6.27. The molecular weight excluding hydrogens is 442 g/mol. The van der Waals surface area contributed by atoms with Gasteiger partial charge in [-0.05, 0) is 41.2 Å². The average Bonchev–Trinajstić information content (AvgIpc) is 3.64. The summed E-state index contributed by atoms with van der Waals surface area (Å²) >= 11 is 0. The highest BCUT2D eigenvalue weighted by atomic mass is 16.5. The van der Waals surface area contributed by atoms with E-state index in [2.05, 4.69) is 35.5 Å². The first-order valence-electron chi connectivity index (χ1n) is 11.9. The largest absolute Gasteiger partial charge is 0.492 e. The maximum absolute atomic E-state index is 11.4. The van der Waals surface area contributed by atoms with Gasteiger partial charge in [-0.25, -0.2) is 0 Å². The highest BCUT2D eigenvalue weighted by molar-refractivity contribution is 5.83. The summed E-state index contributed by atoms with van der Waals surface area (Å²) in [6.45, 7) is 2.11. The molecule has 1 N–H and O–H groups in total. The molecule has 3 aromatic carbocycles. The lowest BCUT2D eigenvalue weighted by Crippen LogP contribution is -2.19. The van der Waals surface area contributed by atoms with Crippen LogP contribution in [0.25, 0.3) is 22.5 Å². The van der Waals surface area contributed by atoms with E-state index in [0.29, 0.717) is 12.4 Å². The third-order valence-corrected chi connectivity index (χ3v) is 7.21. The van der Waals surface area contributed by atoms with E-state index in [1.807, 2.05) is 36.4 Å². The topological polar surface area (TPSA) is 81.8 Å². The van der Waals surface area contributed by atoms with Crippen LogP contribution in [0, 0.1) is 5.92 Å². The van der Waals surface area contributed by atoms with Crippen molar-refractivity contribution in [2.75, 3.05) is 6.61 Å². The summed E-state index contributed by atoms with van der Waals surface area (Å²) < 4.78 is 17.7. The number of carbonyl (C=O) groups is 1. The Balaban J connectivity index is 1.29. The highest BCUT2D eigenvalue weighted by Gasteiger charge is 2.34. The quantitative estimate of drug-likeness (QED) is 0.360. The molecule has 35 heavy (non-hydrogen) atoms. The molecule has 0 saturated carbocycles. The van der Waals surface area contributed by atoms with Crippen LogP contribution in [-0.2, 0) is 11.2 Å². The van der Waals surface area contributed by atoms with E-state index >= 15 is 0 Å². The molecule has 1 aliphatic carbocycles. The second kappa shape index (κ2) is 8.62. The van der Waals surface area contributed by atoms with E-state index in [4.69, 9.17) is 14.0 Å². The summed E-state index contributed by atoms with van der Waals surface area (Å²) in [6, 6.07) is 22.3. The van der Waals surface area contributed by atoms with Gasteiger partial charge in [0.1, 0.15) is 17.6 Å². The van der Waals surface area contributed by atoms with E-state index in [1.54, 1.807) is 13.1 Å². The van der Waals surface area contributed by atoms with Crippen molar-refractivity contribution in [3.8, 4) is 33.9 Å². The van der Waals surface area contributed by atoms with Gasteiger partial charge in [0.25, 0.3) is 0 Å². The average molecular weight is 468 g/mol. The van der Waals surface area contributed by atoms with E-state index < -0.39 is 11.9 Å². The number of aromatic nitrogens is 1. The summed E-state index contributed by atoms with van der Waals surface area (Å²) in [5.41, 5.74) is 6.73. The first-order valence-corrected chi connectivity index (χ1v) is 11.9. The van der Waals surface area contributed by atoms with Gasteiger partial charge in [0, 0.05) is 29.2 Å². The number of hydrogen-bond donors (Lipinski definition) is 1. The Morgan fingerprint density at radius 2 is 1.86 bits per heavy atom. The Morgan fingerprint density at radius 1 is 1.03 bits per heavy atom. The molecule has 6 heteroatoms. The van der Waals surface area contributed by atoms with Crippen LogP contribution in [0.1, 0.15) is 42.1 Å². The number of carboxylic acids is 1. The second-order valence-electron chi connectivity index (χ2n) is 9.18. The number of benzene rings is 3. The smallest absolute Gasteiger partial charge is 0.306 e. The zero-order valence-electron chi connectivity index (χ0n) is 19.3. The fraction of sp³-hybridized carbons (Fsp3) is 0.241. The minimum atomic E-state index is -0.810. The molecule has 2 heterocycles. The van der Waals surface area contributed by atoms with E-state index in [1.165, 1.54) is 16.7 Å². The molecule has 2 aliphatic rings. The molecule has 0 radical (unpaired) electrons. The normalized spacial score (nSPS) is 19.0. The number of carboxylic acid groups (broad SMARTS) is 1. The SMILES string of the molecule is CC(C(=O)O)[C@@H]1COc2cc(O[C@@H]3CCc4c(-c5ccccc5-c5ccno5)cccc43)ccc21. The van der Waals surface area contributed by atoms with E-state index in [9.17, 15) is 9.90 Å². The lowest BCUT2D eigenvalue weighted by molar-refractivity contribution is -0.142. The number of hydrogen-bond acceptors (Lipinski definition) is 5. The van der Waals surface area contributed by atoms with Crippen LogP contribution in [0.4, 0.5) is 0 Å². The van der Waals surface area contributed by atoms with Crippen LogP contribution < -0.4 is 9.47 Å². The van der Waals surface area contributed by atoms with Crippen LogP contribution in [0.5, 0.6) is 11.5 Å². The number of fused-ring (bicyclic) bond motifs is 2. The van der Waals surface area contributed by atoms with Gasteiger partial charge >= 0.3 is 5.97 Å². The number of rotatable bonds is 6. The lowest BCUT2D eigenvalue weighted by atomic mass is 9.89. The number of ether oxygens (including phenoxy) is 2. The first kappa shape index (κ1) is 21.5. The Kier molecular flexibility index (Phi) is 5.29. The Bertz CT molecular complexity index is 1390. The summed E-state index contributed by atoms with van der Waals surface area (Å²) in [5.74, 6) is 0.748. The van der Waals surface area contributed by atoms with Crippen molar-refractivity contribution in [2.45, 2.75) is 31.8 Å². The summed E-state index contributed by atoms with van der Waals surface area (Å²) in [5, 5.41) is 13.3. The fourth-order valence-corrected chi connectivity index (χ4v) is 5.32. The summed E-state index contributed by atoms with van der Waals surface area (Å²) in [6.07, 6.45) is 3.40. The van der Waals surface area contributed by atoms with Crippen molar-refractivity contribution in [3.63, 3.8) is 0 Å². The van der Waals surface area contributed by atoms with Crippen LogP contribution in [0.3, 0.4) is 0 Å². The molecule has 0 saturated heterocycles. The third kappa shape index (κ3) is 3.75. The molecule has 0 amide bonds. The van der Waals surface area contributed by atoms with Gasteiger partial charge in [0.2, 0.25) is 0 Å². The minimum absolute atomic E-state index is 0.0596. The molecule has 0 fully saturated rings. The highest BCUT2D eigenvalue weighted by Crippen LogP contribution is 2.44. The Morgan fingerprint density at radius 3 is 2.66 bits per heavy atom. The van der Waals surface area contributed by atoms with Crippen LogP contribution in [-0.4, -0.2) is 22.8 Å². The zero-order chi connectivity index (χ0) is 23.9. The van der Waals surface area contributed by atoms with Crippen molar-refractivity contribution < 1.29 is 23.9 Å². The van der Waals surface area contributed by atoms with Crippen molar-refractivity contribution in [1.29, 1.82) is 0 Å². The summed E-state index contributed by atoms with van der Waals surface area (Å²) in [7, 11) is 0. The molecule has 1 aromatic heterocycles. The molecule has 1 unspecified atom stereocenters. The fourth-order valence-electron chi connectivity index (χ4n) is 5.32. The maximum atomic E-state index is 11.4. The predicted molar refractivity (Wildman–Crippen MR) is 131 cm³/mol. The number of aliphatic carboxylic acids is 1. The lowest BCUT2D eigenvalue weighted by Gasteiger charge is -2.17. The third-order valence-electron chi connectivity index (χ3n) is 7.21. The van der Waals surface area contributed by atoms with Crippen LogP contribution in [0.15, 0.2) is 77.4 Å². The van der Waals surface area contributed by atoms with Crippen molar-refractivity contribution >= 4 is 5.97 Å². The van der Waals surface area contributed by atoms with Crippen LogP contribution in [0.2, 0.25) is 0 Å². The van der Waals surface area contributed by atoms with E-state index in [0.717, 1.165) is 41.0 Å². The molecule has 6 nitrogen and oxygen atoms in total. The summed E-state index contributed by atoms with van der Waals surface area (Å²) in [4.78, 5) is 11.4. The minimum Gasteiger partial charge on any atom is -0.492 e. The van der Waals surface area contributed by atoms with Gasteiger partial charge in [-0.2, -0.15) is 0 Å². The van der Waals surface area contributed by atoms with Gasteiger partial charge in [-0.3, -0.25) is 4.79 Å².